The number of ether oxygens (including phenoxy) is 1. The van der Waals surface area contributed by atoms with Crippen molar-refractivity contribution in [3.05, 3.63) is 51.5 Å². The van der Waals surface area contributed by atoms with E-state index in [9.17, 15) is 0 Å². The van der Waals surface area contributed by atoms with Crippen molar-refractivity contribution >= 4 is 17.3 Å². The van der Waals surface area contributed by atoms with Gasteiger partial charge in [0.1, 0.15) is 0 Å². The summed E-state index contributed by atoms with van der Waals surface area (Å²) in [5.41, 5.74) is 2.37. The highest BCUT2D eigenvalue weighted by molar-refractivity contribution is 7.11. The molecule has 1 fully saturated rings. The Hall–Kier alpha value is -1.96. The van der Waals surface area contributed by atoms with Gasteiger partial charge in [-0.3, -0.25) is 4.99 Å². The first kappa shape index (κ1) is 21.7. The summed E-state index contributed by atoms with van der Waals surface area (Å²) in [5, 5.41) is 12.0. The van der Waals surface area contributed by atoms with Gasteiger partial charge in [0.2, 0.25) is 0 Å². The summed E-state index contributed by atoms with van der Waals surface area (Å²) < 4.78 is 5.65. The number of aliphatic imine (C=N–C) groups is 1. The number of thiazole rings is 1. The minimum absolute atomic E-state index is 0.0257. The van der Waals surface area contributed by atoms with E-state index in [2.05, 4.69) is 70.1 Å². The Morgan fingerprint density at radius 3 is 2.55 bits per heavy atom. The van der Waals surface area contributed by atoms with Crippen molar-refractivity contribution in [3.8, 4) is 0 Å². The molecule has 1 aliphatic heterocycles. The minimum Gasteiger partial charge on any atom is -0.381 e. The number of rotatable bonds is 7. The summed E-state index contributed by atoms with van der Waals surface area (Å²) in [7, 11) is 1.82. The number of benzene rings is 1. The summed E-state index contributed by atoms with van der Waals surface area (Å²) in [6, 6.07) is 10.9. The normalized spacial score (nSPS) is 17.7. The smallest absolute Gasteiger partial charge is 0.191 e. The second-order valence-corrected chi connectivity index (χ2v) is 8.98. The third-order valence-electron chi connectivity index (χ3n) is 5.51. The van der Waals surface area contributed by atoms with Gasteiger partial charge in [0.25, 0.3) is 0 Å². The lowest BCUT2D eigenvalue weighted by molar-refractivity contribution is 0.0355. The van der Waals surface area contributed by atoms with Crippen molar-refractivity contribution in [1.82, 2.24) is 20.9 Å². The van der Waals surface area contributed by atoms with E-state index in [-0.39, 0.29) is 11.6 Å². The predicted molar refractivity (Wildman–Crippen MR) is 121 cm³/mol. The Bertz CT molecular complexity index is 799. The van der Waals surface area contributed by atoms with Gasteiger partial charge >= 0.3 is 0 Å². The highest BCUT2D eigenvalue weighted by Gasteiger charge is 2.34. The van der Waals surface area contributed by atoms with Crippen LogP contribution in [0.25, 0.3) is 0 Å². The molecule has 1 saturated heterocycles. The number of aryl methyl sites for hydroxylation is 2. The van der Waals surface area contributed by atoms with E-state index in [1.165, 1.54) is 10.4 Å². The number of nitrogens with zero attached hydrogens (tertiary/aromatic N) is 2. The van der Waals surface area contributed by atoms with Crippen LogP contribution in [-0.4, -0.2) is 43.3 Å². The van der Waals surface area contributed by atoms with Crippen LogP contribution in [0.15, 0.2) is 35.3 Å². The highest BCUT2D eigenvalue weighted by atomic mass is 32.1. The van der Waals surface area contributed by atoms with Gasteiger partial charge in [-0.25, -0.2) is 4.98 Å². The van der Waals surface area contributed by atoms with Crippen LogP contribution in [0, 0.1) is 13.8 Å². The average Bonchev–Trinajstić information content (AvgIpc) is 3.06. The van der Waals surface area contributed by atoms with Crippen molar-refractivity contribution < 1.29 is 4.74 Å². The molecule has 0 bridgehead atoms. The molecule has 0 saturated carbocycles. The molecule has 1 unspecified atom stereocenters. The van der Waals surface area contributed by atoms with Gasteiger partial charge in [0.15, 0.2) is 5.96 Å². The molecular formula is C22H33N5OS. The van der Waals surface area contributed by atoms with Gasteiger partial charge in [-0.15, -0.1) is 11.3 Å². The molecule has 1 aliphatic rings. The number of guanidine groups is 1. The van der Waals surface area contributed by atoms with E-state index in [0.29, 0.717) is 0 Å². The van der Waals surface area contributed by atoms with Crippen LogP contribution >= 0.6 is 11.3 Å². The maximum Gasteiger partial charge on any atom is 0.191 e. The van der Waals surface area contributed by atoms with Crippen molar-refractivity contribution in [2.75, 3.05) is 26.8 Å². The standard InChI is InChI=1S/C22H33N5OS/c1-16(19-8-6-5-7-9-19)27-22(10-12-28-13-11-22)15-25-21(23-4)24-14-20-17(2)26-18(3)29-20/h5-9,16,27H,10-15H2,1-4H3,(H2,23,24,25). The lowest BCUT2D eigenvalue weighted by Crippen LogP contribution is -2.58. The fourth-order valence-electron chi connectivity index (χ4n) is 3.79. The van der Waals surface area contributed by atoms with Crippen LogP contribution in [0.3, 0.4) is 0 Å². The van der Waals surface area contributed by atoms with E-state index in [1.807, 2.05) is 14.0 Å². The zero-order valence-corrected chi connectivity index (χ0v) is 18.7. The molecule has 0 radical (unpaired) electrons. The Kier molecular flexibility index (Phi) is 7.64. The SMILES string of the molecule is CN=C(NCc1sc(C)nc1C)NCC1(NC(C)c2ccccc2)CCOCC1. The Balaban J connectivity index is 1.60. The first-order chi connectivity index (χ1) is 14.0. The fraction of sp³-hybridized carbons (Fsp3) is 0.545. The Labute approximate surface area is 178 Å². The van der Waals surface area contributed by atoms with E-state index < -0.39 is 0 Å². The van der Waals surface area contributed by atoms with Crippen LogP contribution in [0.5, 0.6) is 0 Å². The maximum absolute atomic E-state index is 5.65. The number of hydrogen-bond donors (Lipinski definition) is 3. The summed E-state index contributed by atoms with van der Waals surface area (Å²) in [5.74, 6) is 0.815. The molecule has 158 valence electrons. The molecule has 0 spiro atoms. The van der Waals surface area contributed by atoms with Crippen LogP contribution in [-0.2, 0) is 11.3 Å². The van der Waals surface area contributed by atoms with Gasteiger partial charge in [-0.2, -0.15) is 0 Å². The lowest BCUT2D eigenvalue weighted by Gasteiger charge is -2.41. The van der Waals surface area contributed by atoms with Gasteiger partial charge in [-0.1, -0.05) is 30.3 Å². The molecule has 2 aromatic rings. The first-order valence-electron chi connectivity index (χ1n) is 10.3. The minimum atomic E-state index is -0.0257. The van der Waals surface area contributed by atoms with E-state index >= 15 is 0 Å². The van der Waals surface area contributed by atoms with E-state index in [1.54, 1.807) is 11.3 Å². The molecule has 3 rings (SSSR count). The molecule has 0 amide bonds. The van der Waals surface area contributed by atoms with Crippen molar-refractivity contribution in [2.24, 2.45) is 4.99 Å². The number of nitrogens with one attached hydrogen (secondary N) is 3. The molecule has 6 nitrogen and oxygen atoms in total. The second-order valence-electron chi connectivity index (χ2n) is 7.69. The largest absolute Gasteiger partial charge is 0.381 e. The highest BCUT2D eigenvalue weighted by Crippen LogP contribution is 2.25. The quantitative estimate of drug-likeness (QED) is 0.478. The Morgan fingerprint density at radius 1 is 1.21 bits per heavy atom. The predicted octanol–water partition coefficient (Wildman–Crippen LogP) is 3.32. The molecule has 2 heterocycles. The lowest BCUT2D eigenvalue weighted by atomic mass is 9.88. The van der Waals surface area contributed by atoms with Crippen molar-refractivity contribution in [2.45, 2.75) is 51.7 Å². The zero-order valence-electron chi connectivity index (χ0n) is 17.9. The van der Waals surface area contributed by atoms with Crippen LogP contribution in [0.1, 0.15) is 46.9 Å². The molecule has 3 N–H and O–H groups in total. The average molecular weight is 416 g/mol. The summed E-state index contributed by atoms with van der Waals surface area (Å²) in [6.45, 7) is 9.43. The number of hydrogen-bond acceptors (Lipinski definition) is 5. The summed E-state index contributed by atoms with van der Waals surface area (Å²) in [4.78, 5) is 10.2. The molecule has 29 heavy (non-hydrogen) atoms. The van der Waals surface area contributed by atoms with Gasteiger partial charge < -0.3 is 20.7 Å². The zero-order chi connectivity index (χ0) is 20.7. The van der Waals surface area contributed by atoms with Crippen LogP contribution in [0.2, 0.25) is 0 Å². The van der Waals surface area contributed by atoms with Crippen molar-refractivity contribution in [1.29, 1.82) is 0 Å². The first-order valence-corrected chi connectivity index (χ1v) is 11.1. The molecule has 1 atom stereocenters. The topological polar surface area (TPSA) is 70.6 Å². The molecule has 7 heteroatoms. The van der Waals surface area contributed by atoms with Gasteiger partial charge in [0.05, 0.1) is 17.2 Å². The van der Waals surface area contributed by atoms with Gasteiger partial charge in [0, 0.05) is 43.3 Å². The van der Waals surface area contributed by atoms with Crippen LogP contribution in [0.4, 0.5) is 0 Å². The second kappa shape index (κ2) is 10.2. The van der Waals surface area contributed by atoms with E-state index in [0.717, 1.165) is 55.8 Å². The third kappa shape index (κ3) is 6.01. The Morgan fingerprint density at radius 2 is 1.93 bits per heavy atom. The monoisotopic (exact) mass is 415 g/mol. The number of aromatic nitrogens is 1. The summed E-state index contributed by atoms with van der Waals surface area (Å²) in [6.07, 6.45) is 1.95. The molecule has 1 aromatic heterocycles. The third-order valence-corrected chi connectivity index (χ3v) is 6.58. The summed E-state index contributed by atoms with van der Waals surface area (Å²) >= 11 is 1.73. The fourth-order valence-corrected chi connectivity index (χ4v) is 4.67. The maximum atomic E-state index is 5.65. The van der Waals surface area contributed by atoms with Crippen molar-refractivity contribution in [3.63, 3.8) is 0 Å². The van der Waals surface area contributed by atoms with Crippen LogP contribution < -0.4 is 16.0 Å². The molecule has 0 aliphatic carbocycles. The van der Waals surface area contributed by atoms with Gasteiger partial charge in [-0.05, 0) is 39.2 Å². The van der Waals surface area contributed by atoms with E-state index in [4.69, 9.17) is 4.74 Å². The molecular weight excluding hydrogens is 382 g/mol. The molecule has 1 aromatic carbocycles.